The smallest absolute Gasteiger partial charge is 0.268 e. The number of carbonyl (C=O) groups is 1. The topological polar surface area (TPSA) is 75.6 Å². The Hall–Kier alpha value is -3.41. The lowest BCUT2D eigenvalue weighted by Gasteiger charge is -2.11. The number of rotatable bonds is 5. The first-order chi connectivity index (χ1) is 12.7. The maximum Gasteiger partial charge on any atom is 0.268 e. The molecule has 1 atom stereocenters. The molecule has 3 heterocycles. The van der Waals surface area contributed by atoms with E-state index in [2.05, 4.69) is 32.5 Å². The van der Waals surface area contributed by atoms with Crippen molar-refractivity contribution in [1.82, 2.24) is 25.1 Å². The standard InChI is InChI=1S/C20H19N5O/c1-14(17-11-22-25(13-17)12-15-5-3-2-4-6-15)23-20(26)19-9-16-10-21-8-7-18(16)24-19/h2-11,13-14,24H,12H2,1H3,(H,23,26). The predicted octanol–water partition coefficient (Wildman–Crippen LogP) is 3.30. The van der Waals surface area contributed by atoms with Gasteiger partial charge in [-0.25, -0.2) is 0 Å². The molecule has 0 bridgehead atoms. The Bertz CT molecular complexity index is 1000. The average molecular weight is 345 g/mol. The van der Waals surface area contributed by atoms with Crippen LogP contribution in [-0.4, -0.2) is 25.7 Å². The van der Waals surface area contributed by atoms with Crippen molar-refractivity contribution >= 4 is 16.8 Å². The van der Waals surface area contributed by atoms with E-state index >= 15 is 0 Å². The Morgan fingerprint density at radius 1 is 1.23 bits per heavy atom. The van der Waals surface area contributed by atoms with Crippen LogP contribution in [0.1, 0.15) is 34.6 Å². The number of hydrogen-bond acceptors (Lipinski definition) is 3. The minimum absolute atomic E-state index is 0.142. The van der Waals surface area contributed by atoms with Gasteiger partial charge in [-0.1, -0.05) is 30.3 Å². The van der Waals surface area contributed by atoms with Gasteiger partial charge in [0, 0.05) is 35.1 Å². The maximum atomic E-state index is 12.5. The number of aromatic nitrogens is 4. The molecule has 0 radical (unpaired) electrons. The molecular formula is C20H19N5O. The fraction of sp³-hybridized carbons (Fsp3) is 0.150. The van der Waals surface area contributed by atoms with Crippen molar-refractivity contribution in [2.75, 3.05) is 0 Å². The number of amides is 1. The minimum Gasteiger partial charge on any atom is -0.350 e. The molecule has 0 saturated carbocycles. The Balaban J connectivity index is 1.44. The lowest BCUT2D eigenvalue weighted by Crippen LogP contribution is -2.26. The van der Waals surface area contributed by atoms with E-state index < -0.39 is 0 Å². The largest absolute Gasteiger partial charge is 0.350 e. The Morgan fingerprint density at radius 3 is 2.88 bits per heavy atom. The highest BCUT2D eigenvalue weighted by molar-refractivity contribution is 5.97. The number of nitrogens with zero attached hydrogens (tertiary/aromatic N) is 3. The fourth-order valence-corrected chi connectivity index (χ4v) is 2.91. The zero-order valence-corrected chi connectivity index (χ0v) is 14.4. The van der Waals surface area contributed by atoms with Gasteiger partial charge in [0.25, 0.3) is 5.91 Å². The van der Waals surface area contributed by atoms with Gasteiger partial charge in [-0.2, -0.15) is 5.10 Å². The van der Waals surface area contributed by atoms with E-state index in [1.165, 1.54) is 5.56 Å². The Labute approximate surface area is 150 Å². The highest BCUT2D eigenvalue weighted by Crippen LogP contribution is 2.16. The number of H-pyrrole nitrogens is 1. The van der Waals surface area contributed by atoms with Crippen molar-refractivity contribution in [3.05, 3.63) is 84.1 Å². The van der Waals surface area contributed by atoms with Crippen LogP contribution in [0, 0.1) is 0 Å². The van der Waals surface area contributed by atoms with E-state index in [9.17, 15) is 4.79 Å². The van der Waals surface area contributed by atoms with Gasteiger partial charge < -0.3 is 10.3 Å². The summed E-state index contributed by atoms with van der Waals surface area (Å²) < 4.78 is 1.88. The summed E-state index contributed by atoms with van der Waals surface area (Å²) in [5.74, 6) is -0.149. The number of pyridine rings is 1. The van der Waals surface area contributed by atoms with Crippen LogP contribution >= 0.6 is 0 Å². The van der Waals surface area contributed by atoms with Crippen molar-refractivity contribution in [2.45, 2.75) is 19.5 Å². The maximum absolute atomic E-state index is 12.5. The fourth-order valence-electron chi connectivity index (χ4n) is 2.91. The number of aromatic amines is 1. The molecule has 0 fully saturated rings. The third-order valence-corrected chi connectivity index (χ3v) is 4.35. The summed E-state index contributed by atoms with van der Waals surface area (Å²) in [5, 5.41) is 8.32. The molecule has 1 unspecified atom stereocenters. The van der Waals surface area contributed by atoms with E-state index in [1.807, 2.05) is 48.1 Å². The van der Waals surface area contributed by atoms with E-state index in [0.717, 1.165) is 16.5 Å². The quantitative estimate of drug-likeness (QED) is 0.583. The molecule has 4 rings (SSSR count). The van der Waals surface area contributed by atoms with E-state index in [0.29, 0.717) is 12.2 Å². The molecule has 1 amide bonds. The third kappa shape index (κ3) is 3.35. The number of carbonyl (C=O) groups excluding carboxylic acids is 1. The molecule has 26 heavy (non-hydrogen) atoms. The SMILES string of the molecule is CC(NC(=O)c1cc2cnccc2[nH]1)c1cnn(Cc2ccccc2)c1. The minimum atomic E-state index is -0.149. The van der Waals surface area contributed by atoms with Crippen LogP contribution in [0.25, 0.3) is 10.9 Å². The van der Waals surface area contributed by atoms with Gasteiger partial charge in [-0.15, -0.1) is 0 Å². The van der Waals surface area contributed by atoms with Crippen LogP contribution < -0.4 is 5.32 Å². The van der Waals surface area contributed by atoms with E-state index in [4.69, 9.17) is 0 Å². The van der Waals surface area contributed by atoms with Crippen molar-refractivity contribution in [2.24, 2.45) is 0 Å². The number of benzene rings is 1. The van der Waals surface area contributed by atoms with Gasteiger partial charge in [-0.3, -0.25) is 14.5 Å². The molecule has 6 nitrogen and oxygen atoms in total. The molecule has 1 aromatic carbocycles. The number of fused-ring (bicyclic) bond motifs is 1. The summed E-state index contributed by atoms with van der Waals surface area (Å²) in [7, 11) is 0. The molecule has 2 N–H and O–H groups in total. The second-order valence-electron chi connectivity index (χ2n) is 6.30. The van der Waals surface area contributed by atoms with Crippen LogP contribution in [0.2, 0.25) is 0 Å². The summed E-state index contributed by atoms with van der Waals surface area (Å²) >= 11 is 0. The lowest BCUT2D eigenvalue weighted by atomic mass is 10.2. The van der Waals surface area contributed by atoms with E-state index in [1.54, 1.807) is 18.6 Å². The first kappa shape index (κ1) is 16.1. The van der Waals surface area contributed by atoms with Crippen molar-refractivity contribution in [3.8, 4) is 0 Å². The zero-order valence-electron chi connectivity index (χ0n) is 14.4. The molecule has 0 aliphatic carbocycles. The normalized spacial score (nSPS) is 12.2. The molecule has 130 valence electrons. The van der Waals surface area contributed by atoms with Gasteiger partial charge in [0.1, 0.15) is 5.69 Å². The molecule has 3 aromatic heterocycles. The molecular weight excluding hydrogens is 326 g/mol. The van der Waals surface area contributed by atoms with Gasteiger partial charge >= 0.3 is 0 Å². The van der Waals surface area contributed by atoms with Crippen LogP contribution in [0.3, 0.4) is 0 Å². The Morgan fingerprint density at radius 2 is 2.08 bits per heavy atom. The second kappa shape index (κ2) is 6.84. The third-order valence-electron chi connectivity index (χ3n) is 4.35. The van der Waals surface area contributed by atoms with Crippen LogP contribution in [0.15, 0.2) is 67.3 Å². The molecule has 4 aromatic rings. The second-order valence-corrected chi connectivity index (χ2v) is 6.30. The van der Waals surface area contributed by atoms with Crippen molar-refractivity contribution in [3.63, 3.8) is 0 Å². The lowest BCUT2D eigenvalue weighted by molar-refractivity contribution is 0.0935. The molecule has 0 saturated heterocycles. The average Bonchev–Trinajstić information content (AvgIpc) is 3.29. The highest BCUT2D eigenvalue weighted by atomic mass is 16.1. The van der Waals surface area contributed by atoms with Gasteiger partial charge in [0.15, 0.2) is 0 Å². The van der Waals surface area contributed by atoms with Crippen LogP contribution in [-0.2, 0) is 6.54 Å². The number of hydrogen-bond donors (Lipinski definition) is 2. The summed E-state index contributed by atoms with van der Waals surface area (Å²) in [6.07, 6.45) is 7.19. The zero-order chi connectivity index (χ0) is 17.9. The summed E-state index contributed by atoms with van der Waals surface area (Å²) in [4.78, 5) is 19.7. The van der Waals surface area contributed by atoms with Gasteiger partial charge in [0.2, 0.25) is 0 Å². The van der Waals surface area contributed by atoms with Gasteiger partial charge in [0.05, 0.1) is 18.8 Å². The van der Waals surface area contributed by atoms with Crippen LogP contribution in [0.4, 0.5) is 0 Å². The van der Waals surface area contributed by atoms with Gasteiger partial charge in [-0.05, 0) is 24.6 Å². The summed E-state index contributed by atoms with van der Waals surface area (Å²) in [5.41, 5.74) is 3.57. The first-order valence-corrected chi connectivity index (χ1v) is 8.49. The Kier molecular flexibility index (Phi) is 4.23. The van der Waals surface area contributed by atoms with Crippen molar-refractivity contribution < 1.29 is 4.79 Å². The molecule has 6 heteroatoms. The summed E-state index contributed by atoms with van der Waals surface area (Å²) in [6, 6.07) is 13.7. The number of nitrogens with one attached hydrogen (secondary N) is 2. The first-order valence-electron chi connectivity index (χ1n) is 8.49. The van der Waals surface area contributed by atoms with Crippen molar-refractivity contribution in [1.29, 1.82) is 0 Å². The molecule has 0 aliphatic rings. The van der Waals surface area contributed by atoms with Crippen LogP contribution in [0.5, 0.6) is 0 Å². The highest BCUT2D eigenvalue weighted by Gasteiger charge is 2.15. The van der Waals surface area contributed by atoms with E-state index in [-0.39, 0.29) is 11.9 Å². The summed E-state index contributed by atoms with van der Waals surface area (Å²) in [6.45, 7) is 2.66. The predicted molar refractivity (Wildman–Crippen MR) is 99.7 cm³/mol. The monoisotopic (exact) mass is 345 g/mol. The molecule has 0 spiro atoms. The molecule has 0 aliphatic heterocycles.